The second kappa shape index (κ2) is 4.11. The van der Waals surface area contributed by atoms with Gasteiger partial charge in [0.15, 0.2) is 0 Å². The van der Waals surface area contributed by atoms with Crippen molar-refractivity contribution in [1.29, 1.82) is 0 Å². The molecule has 0 amide bonds. The lowest BCUT2D eigenvalue weighted by atomic mass is 10.1. The highest BCUT2D eigenvalue weighted by Crippen LogP contribution is 2.26. The molecule has 0 saturated carbocycles. The van der Waals surface area contributed by atoms with Crippen molar-refractivity contribution in [3.05, 3.63) is 28.7 Å². The summed E-state index contributed by atoms with van der Waals surface area (Å²) in [5.41, 5.74) is 0.106. The monoisotopic (exact) mass is 234 g/mol. The van der Waals surface area contributed by atoms with E-state index >= 15 is 0 Å². The molecule has 0 aliphatic heterocycles. The fraction of sp³-hybridized carbons (Fsp3) is 0.250. The lowest BCUT2D eigenvalue weighted by molar-refractivity contribution is 0.168. The highest BCUT2D eigenvalue weighted by atomic mass is 35.7. The van der Waals surface area contributed by atoms with Gasteiger partial charge in [-0.25, -0.2) is 13.2 Å². The molecule has 4 nitrogen and oxygen atoms in total. The lowest BCUT2D eigenvalue weighted by Crippen LogP contribution is -2.22. The van der Waals surface area contributed by atoms with Crippen LogP contribution in [0.2, 0.25) is 0 Å². The maximum absolute atomic E-state index is 11.1. The lowest BCUT2D eigenvalue weighted by Gasteiger charge is -2.17. The van der Waals surface area contributed by atoms with E-state index in [-0.39, 0.29) is 10.5 Å². The molecule has 1 aliphatic carbocycles. The van der Waals surface area contributed by atoms with Gasteiger partial charge in [-0.1, -0.05) is 6.08 Å². The zero-order chi connectivity index (χ0) is 10.8. The summed E-state index contributed by atoms with van der Waals surface area (Å²) in [6.07, 6.45) is 3.16. The van der Waals surface area contributed by atoms with Crippen molar-refractivity contribution in [3.8, 4) is 0 Å². The molecule has 0 aromatic rings. The van der Waals surface area contributed by atoms with Crippen LogP contribution in [0.1, 0.15) is 0 Å². The molecule has 0 spiro atoms. The van der Waals surface area contributed by atoms with E-state index in [1.807, 2.05) is 0 Å². The molecular weight excluding hydrogens is 228 g/mol. The van der Waals surface area contributed by atoms with Crippen LogP contribution in [0.25, 0.3) is 0 Å². The molecule has 0 N–H and O–H groups in total. The average Bonchev–Trinajstić information content (AvgIpc) is 2.15. The minimum Gasteiger partial charge on any atom is -0.370 e. The first-order chi connectivity index (χ1) is 6.50. The second-order valence-corrected chi connectivity index (χ2v) is 5.11. The van der Waals surface area contributed by atoms with Gasteiger partial charge in [0.25, 0.3) is 9.05 Å². The summed E-state index contributed by atoms with van der Waals surface area (Å²) in [6, 6.07) is 0. The molecular formula is C8H7ClO4S. The van der Waals surface area contributed by atoms with E-state index in [1.54, 1.807) is 5.94 Å². The van der Waals surface area contributed by atoms with Crippen LogP contribution in [0.4, 0.5) is 0 Å². The van der Waals surface area contributed by atoms with Gasteiger partial charge >= 0.3 is 0 Å². The maximum atomic E-state index is 11.1. The van der Waals surface area contributed by atoms with Crippen molar-refractivity contribution in [3.63, 3.8) is 0 Å². The predicted molar refractivity (Wildman–Crippen MR) is 52.0 cm³/mol. The zero-order valence-corrected chi connectivity index (χ0v) is 8.80. The first-order valence-electron chi connectivity index (χ1n) is 3.61. The van der Waals surface area contributed by atoms with Crippen LogP contribution in [-0.2, 0) is 18.6 Å². The van der Waals surface area contributed by atoms with Gasteiger partial charge in [-0.05, 0) is 12.2 Å². The molecule has 0 radical (unpaired) electrons. The van der Waals surface area contributed by atoms with Gasteiger partial charge in [-0.2, -0.15) is 0 Å². The third kappa shape index (κ3) is 2.13. The van der Waals surface area contributed by atoms with Crippen molar-refractivity contribution in [2.75, 3.05) is 7.11 Å². The van der Waals surface area contributed by atoms with Crippen molar-refractivity contribution >= 4 is 25.7 Å². The largest absolute Gasteiger partial charge is 0.370 e. The smallest absolute Gasteiger partial charge is 0.260 e. The molecule has 6 heteroatoms. The van der Waals surface area contributed by atoms with Crippen LogP contribution >= 0.6 is 10.7 Å². The molecule has 0 bridgehead atoms. The van der Waals surface area contributed by atoms with Gasteiger partial charge < -0.3 is 4.74 Å². The molecule has 14 heavy (non-hydrogen) atoms. The van der Waals surface area contributed by atoms with Gasteiger partial charge in [0, 0.05) is 17.8 Å². The number of allylic oxidation sites excluding steroid dienone is 2. The molecule has 1 atom stereocenters. The number of halogens is 1. The number of methoxy groups -OCH3 is 1. The van der Waals surface area contributed by atoms with Gasteiger partial charge in [-0.15, -0.1) is 0 Å². The number of ether oxygens (including phenoxy) is 1. The molecule has 76 valence electrons. The van der Waals surface area contributed by atoms with E-state index in [1.165, 1.54) is 25.3 Å². The van der Waals surface area contributed by atoms with E-state index in [9.17, 15) is 13.2 Å². The SMILES string of the molecule is COC1C(=C=O)C=CC=C1S(=O)(=O)Cl. The van der Waals surface area contributed by atoms with Gasteiger partial charge in [0.1, 0.15) is 12.0 Å². The quantitative estimate of drug-likeness (QED) is 0.523. The Morgan fingerprint density at radius 1 is 1.57 bits per heavy atom. The van der Waals surface area contributed by atoms with E-state index in [0.29, 0.717) is 0 Å². The Balaban J connectivity index is 3.26. The Bertz CT molecular complexity index is 440. The fourth-order valence-corrected chi connectivity index (χ4v) is 2.23. The number of hydrogen-bond donors (Lipinski definition) is 0. The standard InChI is InChI=1S/C8H7ClO4S/c1-13-8-6(5-10)3-2-4-7(8)14(9,11)12/h2-4,8H,1H3. The van der Waals surface area contributed by atoms with Crippen LogP contribution in [0.3, 0.4) is 0 Å². The average molecular weight is 235 g/mol. The Hall–Kier alpha value is -0.870. The third-order valence-electron chi connectivity index (χ3n) is 1.71. The predicted octanol–water partition coefficient (Wildman–Crippen LogP) is 0.782. The van der Waals surface area contributed by atoms with E-state index in [0.717, 1.165) is 0 Å². The molecule has 0 aromatic carbocycles. The van der Waals surface area contributed by atoms with Gasteiger partial charge in [0.2, 0.25) is 0 Å². The van der Waals surface area contributed by atoms with Crippen molar-refractivity contribution in [2.45, 2.75) is 6.10 Å². The molecule has 0 fully saturated rings. The molecule has 0 aromatic heterocycles. The number of carbonyl (C=O) groups excluding carboxylic acids is 1. The van der Waals surface area contributed by atoms with Crippen molar-refractivity contribution in [1.82, 2.24) is 0 Å². The Morgan fingerprint density at radius 3 is 2.64 bits per heavy atom. The van der Waals surface area contributed by atoms with Crippen molar-refractivity contribution < 1.29 is 17.9 Å². The molecule has 0 saturated heterocycles. The van der Waals surface area contributed by atoms with E-state index < -0.39 is 15.2 Å². The highest BCUT2D eigenvalue weighted by Gasteiger charge is 2.29. The molecule has 0 heterocycles. The summed E-state index contributed by atoms with van der Waals surface area (Å²) in [7, 11) is 2.57. The summed E-state index contributed by atoms with van der Waals surface area (Å²) in [6.45, 7) is 0. The van der Waals surface area contributed by atoms with Crippen LogP contribution < -0.4 is 0 Å². The maximum Gasteiger partial charge on any atom is 0.260 e. The normalized spacial score (nSPS) is 21.7. The molecule has 1 rings (SSSR count). The van der Waals surface area contributed by atoms with Crippen LogP contribution in [0.15, 0.2) is 28.7 Å². The number of hydrogen-bond acceptors (Lipinski definition) is 4. The zero-order valence-electron chi connectivity index (χ0n) is 7.23. The van der Waals surface area contributed by atoms with Gasteiger partial charge in [-0.3, -0.25) is 0 Å². The summed E-state index contributed by atoms with van der Waals surface area (Å²) < 4.78 is 27.0. The minimum atomic E-state index is -3.87. The first kappa shape index (κ1) is 11.2. The van der Waals surface area contributed by atoms with Crippen LogP contribution in [0, 0.1) is 0 Å². The minimum absolute atomic E-state index is 0.106. The summed E-state index contributed by atoms with van der Waals surface area (Å²) >= 11 is 0. The second-order valence-electron chi connectivity index (χ2n) is 2.54. The summed E-state index contributed by atoms with van der Waals surface area (Å²) in [5.74, 6) is 1.60. The fourth-order valence-electron chi connectivity index (χ4n) is 1.11. The van der Waals surface area contributed by atoms with Gasteiger partial charge in [0.05, 0.1) is 10.5 Å². The Morgan fingerprint density at radius 2 is 2.21 bits per heavy atom. The first-order valence-corrected chi connectivity index (χ1v) is 5.92. The Labute approximate surface area is 85.9 Å². The third-order valence-corrected chi connectivity index (χ3v) is 3.16. The number of rotatable bonds is 2. The van der Waals surface area contributed by atoms with Crippen molar-refractivity contribution in [2.24, 2.45) is 0 Å². The molecule has 1 unspecified atom stereocenters. The van der Waals surface area contributed by atoms with Crippen LogP contribution in [-0.4, -0.2) is 27.6 Å². The summed E-state index contributed by atoms with van der Waals surface area (Å²) in [4.78, 5) is 10.3. The Kier molecular flexibility index (Phi) is 3.29. The molecule has 1 aliphatic rings. The van der Waals surface area contributed by atoms with E-state index in [4.69, 9.17) is 15.4 Å². The van der Waals surface area contributed by atoms with E-state index in [2.05, 4.69) is 0 Å². The summed E-state index contributed by atoms with van der Waals surface area (Å²) in [5, 5.41) is 0. The topological polar surface area (TPSA) is 60.4 Å². The highest BCUT2D eigenvalue weighted by molar-refractivity contribution is 8.16. The van der Waals surface area contributed by atoms with Crippen LogP contribution in [0.5, 0.6) is 0 Å².